The van der Waals surface area contributed by atoms with Gasteiger partial charge in [-0.05, 0) is 67.1 Å². The van der Waals surface area contributed by atoms with Crippen LogP contribution in [-0.2, 0) is 16.6 Å². The lowest BCUT2D eigenvalue weighted by Gasteiger charge is -2.23. The van der Waals surface area contributed by atoms with Crippen molar-refractivity contribution in [3.63, 3.8) is 0 Å². The van der Waals surface area contributed by atoms with Crippen molar-refractivity contribution in [1.82, 2.24) is 5.32 Å². The molecule has 0 aliphatic heterocycles. The number of benzene rings is 2. The number of nitrogens with zero attached hydrogens (tertiary/aromatic N) is 1. The molecule has 0 spiro atoms. The van der Waals surface area contributed by atoms with Crippen molar-refractivity contribution >= 4 is 21.6 Å². The van der Waals surface area contributed by atoms with Crippen molar-refractivity contribution in [2.45, 2.75) is 59.9 Å². The number of carbonyl (C=O) groups is 1. The highest BCUT2D eigenvalue weighted by Gasteiger charge is 2.19. The molecule has 1 atom stereocenters. The number of anilines is 1. The van der Waals surface area contributed by atoms with Crippen molar-refractivity contribution in [2.24, 2.45) is 5.92 Å². The zero-order valence-corrected chi connectivity index (χ0v) is 20.3. The van der Waals surface area contributed by atoms with Crippen molar-refractivity contribution in [3.05, 3.63) is 64.7 Å². The second-order valence-corrected chi connectivity index (χ2v) is 10.3. The monoisotopic (exact) mass is 444 g/mol. The minimum absolute atomic E-state index is 0.0872. The summed E-state index contributed by atoms with van der Waals surface area (Å²) < 4.78 is 26.3. The van der Waals surface area contributed by atoms with Gasteiger partial charge in [-0.25, -0.2) is 8.42 Å². The van der Waals surface area contributed by atoms with E-state index in [0.29, 0.717) is 23.7 Å². The Morgan fingerprint density at radius 1 is 1.03 bits per heavy atom. The lowest BCUT2D eigenvalue weighted by atomic mass is 9.99. The zero-order valence-electron chi connectivity index (χ0n) is 19.4. The second kappa shape index (κ2) is 11.3. The fourth-order valence-corrected chi connectivity index (χ4v) is 4.58. The molecule has 1 N–H and O–H groups in total. The van der Waals surface area contributed by atoms with E-state index in [2.05, 4.69) is 19.2 Å². The Labute approximate surface area is 187 Å². The van der Waals surface area contributed by atoms with Gasteiger partial charge < -0.3 is 5.32 Å². The van der Waals surface area contributed by atoms with Gasteiger partial charge in [0.15, 0.2) is 0 Å². The summed E-state index contributed by atoms with van der Waals surface area (Å²) in [5, 5.41) is 3.04. The number of unbranched alkanes of at least 4 members (excludes halogenated alkanes) is 1. The molecule has 0 fully saturated rings. The topological polar surface area (TPSA) is 66.5 Å². The van der Waals surface area contributed by atoms with E-state index in [1.165, 1.54) is 23.4 Å². The van der Waals surface area contributed by atoms with Crippen molar-refractivity contribution in [2.75, 3.05) is 17.1 Å². The van der Waals surface area contributed by atoms with E-state index in [-0.39, 0.29) is 12.5 Å². The number of aryl methyl sites for hydroxylation is 2. The molecule has 5 nitrogen and oxygen atoms in total. The summed E-state index contributed by atoms with van der Waals surface area (Å²) in [5.74, 6) is 0.417. The fourth-order valence-electron chi connectivity index (χ4n) is 3.70. The standard InChI is InChI=1S/C25H36N2O3S/c1-6-8-9-21(7-2)17-26-25(28)23-12-10-22(11-13-23)18-27(31(5,29)30)24-15-19(3)14-20(4)16-24/h10-16,21H,6-9,17-18H2,1-5H3,(H,26,28). The van der Waals surface area contributed by atoms with Crippen molar-refractivity contribution in [1.29, 1.82) is 0 Å². The third kappa shape index (κ3) is 7.69. The number of hydrogen-bond donors (Lipinski definition) is 1. The quantitative estimate of drug-likeness (QED) is 0.517. The van der Waals surface area contributed by atoms with Gasteiger partial charge in [-0.3, -0.25) is 9.10 Å². The summed E-state index contributed by atoms with van der Waals surface area (Å²) in [6.07, 6.45) is 5.75. The minimum atomic E-state index is -3.45. The highest BCUT2D eigenvalue weighted by atomic mass is 32.2. The predicted octanol–water partition coefficient (Wildman–Crippen LogP) is 5.22. The van der Waals surface area contributed by atoms with E-state index in [1.54, 1.807) is 12.1 Å². The van der Waals surface area contributed by atoms with Crippen LogP contribution in [0.15, 0.2) is 42.5 Å². The largest absolute Gasteiger partial charge is 0.352 e. The molecule has 1 unspecified atom stereocenters. The first kappa shape index (κ1) is 24.9. The zero-order chi connectivity index (χ0) is 23.0. The van der Waals surface area contributed by atoms with E-state index < -0.39 is 10.0 Å². The molecule has 0 aliphatic rings. The number of carbonyl (C=O) groups excluding carboxylic acids is 1. The van der Waals surface area contributed by atoms with Crippen LogP contribution in [0.5, 0.6) is 0 Å². The molecule has 0 aliphatic carbocycles. The van der Waals surface area contributed by atoms with Gasteiger partial charge in [0.1, 0.15) is 0 Å². The Morgan fingerprint density at radius 2 is 1.65 bits per heavy atom. The summed E-state index contributed by atoms with van der Waals surface area (Å²) in [7, 11) is -3.45. The van der Waals surface area contributed by atoms with E-state index >= 15 is 0 Å². The number of rotatable bonds is 11. The Balaban J connectivity index is 2.09. The molecule has 1 amide bonds. The van der Waals surface area contributed by atoms with Gasteiger partial charge in [0.2, 0.25) is 10.0 Å². The van der Waals surface area contributed by atoms with Gasteiger partial charge in [-0.2, -0.15) is 0 Å². The highest BCUT2D eigenvalue weighted by Crippen LogP contribution is 2.24. The summed E-state index contributed by atoms with van der Waals surface area (Å²) >= 11 is 0. The average Bonchev–Trinajstić information content (AvgIpc) is 2.70. The lowest BCUT2D eigenvalue weighted by molar-refractivity contribution is 0.0946. The molecule has 2 aromatic carbocycles. The van der Waals surface area contributed by atoms with E-state index in [4.69, 9.17) is 0 Å². The first-order valence-electron chi connectivity index (χ1n) is 11.1. The maximum absolute atomic E-state index is 12.5. The molecule has 31 heavy (non-hydrogen) atoms. The van der Waals surface area contributed by atoms with E-state index in [9.17, 15) is 13.2 Å². The molecule has 0 aromatic heterocycles. The van der Waals surface area contributed by atoms with Gasteiger partial charge in [0.05, 0.1) is 18.5 Å². The van der Waals surface area contributed by atoms with E-state index in [0.717, 1.165) is 29.5 Å². The number of nitrogens with one attached hydrogen (secondary N) is 1. The Hall–Kier alpha value is -2.34. The van der Waals surface area contributed by atoms with Gasteiger partial charge in [-0.15, -0.1) is 0 Å². The molecule has 0 saturated heterocycles. The Morgan fingerprint density at radius 3 is 2.16 bits per heavy atom. The molecule has 0 saturated carbocycles. The Bertz CT molecular complexity index is 949. The van der Waals surface area contributed by atoms with Gasteiger partial charge >= 0.3 is 0 Å². The van der Waals surface area contributed by atoms with E-state index in [1.807, 2.05) is 44.2 Å². The summed E-state index contributed by atoms with van der Waals surface area (Å²) in [6.45, 7) is 9.15. The van der Waals surface area contributed by atoms with Crippen LogP contribution in [0.1, 0.15) is 66.6 Å². The molecular weight excluding hydrogens is 408 g/mol. The first-order valence-corrected chi connectivity index (χ1v) is 12.9. The van der Waals surface area contributed by atoms with Crippen LogP contribution in [0, 0.1) is 19.8 Å². The van der Waals surface area contributed by atoms with Crippen molar-refractivity contribution < 1.29 is 13.2 Å². The minimum Gasteiger partial charge on any atom is -0.352 e. The number of amides is 1. The fraction of sp³-hybridized carbons (Fsp3) is 0.480. The Kier molecular flexibility index (Phi) is 9.11. The van der Waals surface area contributed by atoms with Gasteiger partial charge in [0, 0.05) is 12.1 Å². The molecule has 2 aromatic rings. The van der Waals surface area contributed by atoms with Gasteiger partial charge in [0.25, 0.3) is 5.91 Å². The lowest BCUT2D eigenvalue weighted by Crippen LogP contribution is -2.30. The number of sulfonamides is 1. The molecule has 170 valence electrons. The third-order valence-corrected chi connectivity index (χ3v) is 6.67. The average molecular weight is 445 g/mol. The molecule has 2 rings (SSSR count). The summed E-state index contributed by atoms with van der Waals surface area (Å²) in [6, 6.07) is 12.9. The molecule has 0 bridgehead atoms. The normalized spacial score (nSPS) is 12.4. The van der Waals surface area contributed by atoms with Crippen LogP contribution in [0.2, 0.25) is 0 Å². The van der Waals surface area contributed by atoms with Crippen molar-refractivity contribution in [3.8, 4) is 0 Å². The summed E-state index contributed by atoms with van der Waals surface area (Å²) in [5.41, 5.74) is 4.10. The molecular formula is C25H36N2O3S. The number of hydrogen-bond acceptors (Lipinski definition) is 3. The van der Waals surface area contributed by atoms with Crippen LogP contribution in [0.4, 0.5) is 5.69 Å². The van der Waals surface area contributed by atoms with Crippen LogP contribution >= 0.6 is 0 Å². The SMILES string of the molecule is CCCCC(CC)CNC(=O)c1ccc(CN(c2cc(C)cc(C)c2)S(C)(=O)=O)cc1. The molecule has 0 radical (unpaired) electrons. The highest BCUT2D eigenvalue weighted by molar-refractivity contribution is 7.92. The van der Waals surface area contributed by atoms with Gasteiger partial charge in [-0.1, -0.05) is 51.3 Å². The molecule has 0 heterocycles. The smallest absolute Gasteiger partial charge is 0.251 e. The third-order valence-electron chi connectivity index (χ3n) is 5.53. The van der Waals surface area contributed by atoms with Crippen LogP contribution in [0.25, 0.3) is 0 Å². The first-order chi connectivity index (χ1) is 14.6. The predicted molar refractivity (Wildman–Crippen MR) is 129 cm³/mol. The summed E-state index contributed by atoms with van der Waals surface area (Å²) in [4.78, 5) is 12.5. The van der Waals surface area contributed by atoms with Crippen LogP contribution in [0.3, 0.4) is 0 Å². The molecule has 6 heteroatoms. The van der Waals surface area contributed by atoms with Crippen LogP contribution in [-0.4, -0.2) is 27.1 Å². The van der Waals surface area contributed by atoms with Crippen LogP contribution < -0.4 is 9.62 Å². The second-order valence-electron chi connectivity index (χ2n) is 8.44. The maximum atomic E-state index is 12.5. The maximum Gasteiger partial charge on any atom is 0.251 e.